The minimum absolute atomic E-state index is 0.187. The zero-order valence-electron chi connectivity index (χ0n) is 12.2. The van der Waals surface area contributed by atoms with Gasteiger partial charge in [-0.15, -0.1) is 0 Å². The van der Waals surface area contributed by atoms with Gasteiger partial charge in [-0.2, -0.15) is 0 Å². The van der Waals surface area contributed by atoms with E-state index in [0.29, 0.717) is 5.69 Å². The summed E-state index contributed by atoms with van der Waals surface area (Å²) < 4.78 is 10.7. The van der Waals surface area contributed by atoms with E-state index >= 15 is 0 Å². The number of aliphatic hydroxyl groups is 4. The van der Waals surface area contributed by atoms with Crippen LogP contribution in [-0.4, -0.2) is 63.6 Å². The number of carbonyl (C=O) groups excluding carboxylic acids is 1. The average Bonchev–Trinajstić information content (AvgIpc) is 2.56. The summed E-state index contributed by atoms with van der Waals surface area (Å²) in [5.41, 5.74) is 0.314. The van der Waals surface area contributed by atoms with E-state index in [-0.39, 0.29) is 5.75 Å². The Morgan fingerprint density at radius 1 is 1.26 bits per heavy atom. The molecule has 0 saturated carbocycles. The van der Waals surface area contributed by atoms with E-state index in [4.69, 9.17) is 14.6 Å². The van der Waals surface area contributed by atoms with Crippen molar-refractivity contribution in [2.45, 2.75) is 30.7 Å². The second kappa shape index (κ2) is 7.53. The fraction of sp³-hybridized carbons (Fsp3) is 0.400. The summed E-state index contributed by atoms with van der Waals surface area (Å²) in [6, 6.07) is 6.41. The Hall–Kier alpha value is -1.97. The zero-order valence-corrected chi connectivity index (χ0v) is 12.2. The predicted octanol–water partition coefficient (Wildman–Crippen LogP) is -1.01. The number of amides is 1. The molecule has 126 valence electrons. The molecule has 0 aliphatic carbocycles. The molecule has 1 amide bonds. The van der Waals surface area contributed by atoms with Crippen molar-refractivity contribution in [2.75, 3.05) is 11.9 Å². The minimum atomic E-state index is -1.54. The van der Waals surface area contributed by atoms with Gasteiger partial charge in [-0.25, -0.2) is 0 Å². The molecule has 0 spiro atoms. The van der Waals surface area contributed by atoms with Crippen LogP contribution in [0.25, 0.3) is 0 Å². The molecule has 1 aromatic carbocycles. The summed E-state index contributed by atoms with van der Waals surface area (Å²) in [5, 5.41) is 41.1. The topological polar surface area (TPSA) is 128 Å². The maximum Gasteiger partial charge on any atom is 0.247 e. The maximum atomic E-state index is 11.4. The summed E-state index contributed by atoms with van der Waals surface area (Å²) in [6.45, 7) is 2.79. The Bertz CT molecular complexity index is 563. The molecule has 0 aromatic heterocycles. The predicted molar refractivity (Wildman–Crippen MR) is 79.7 cm³/mol. The lowest BCUT2D eigenvalue weighted by atomic mass is 9.99. The largest absolute Gasteiger partial charge is 0.460 e. The molecule has 0 radical (unpaired) electrons. The van der Waals surface area contributed by atoms with E-state index < -0.39 is 43.2 Å². The molecule has 1 fully saturated rings. The third-order valence-corrected chi connectivity index (χ3v) is 3.42. The molecule has 1 heterocycles. The van der Waals surface area contributed by atoms with Crippen LogP contribution in [0.2, 0.25) is 0 Å². The summed E-state index contributed by atoms with van der Waals surface area (Å²) in [4.78, 5) is 11.4. The Morgan fingerprint density at radius 3 is 2.61 bits per heavy atom. The third-order valence-electron chi connectivity index (χ3n) is 3.42. The lowest BCUT2D eigenvalue weighted by Crippen LogP contribution is -2.60. The number of para-hydroxylation sites is 2. The van der Waals surface area contributed by atoms with Gasteiger partial charge in [-0.3, -0.25) is 4.79 Å². The molecule has 1 saturated heterocycles. The molecule has 8 heteroatoms. The number of ether oxygens (including phenoxy) is 2. The van der Waals surface area contributed by atoms with Gasteiger partial charge in [0, 0.05) is 0 Å². The highest BCUT2D eigenvalue weighted by Gasteiger charge is 2.44. The quantitative estimate of drug-likeness (QED) is 0.439. The average molecular weight is 325 g/mol. The van der Waals surface area contributed by atoms with Crippen LogP contribution in [0.3, 0.4) is 0 Å². The van der Waals surface area contributed by atoms with Crippen molar-refractivity contribution in [3.63, 3.8) is 0 Å². The number of hydrogen-bond donors (Lipinski definition) is 5. The smallest absolute Gasteiger partial charge is 0.247 e. The van der Waals surface area contributed by atoms with Gasteiger partial charge in [0.15, 0.2) is 0 Å². The van der Waals surface area contributed by atoms with Crippen molar-refractivity contribution in [1.82, 2.24) is 0 Å². The second-order valence-corrected chi connectivity index (χ2v) is 5.00. The van der Waals surface area contributed by atoms with E-state index in [1.807, 2.05) is 0 Å². The Kier molecular flexibility index (Phi) is 5.69. The van der Waals surface area contributed by atoms with Gasteiger partial charge in [-0.1, -0.05) is 18.7 Å². The first-order valence-corrected chi connectivity index (χ1v) is 6.97. The fourth-order valence-electron chi connectivity index (χ4n) is 2.15. The highest BCUT2D eigenvalue weighted by molar-refractivity contribution is 5.99. The lowest BCUT2D eigenvalue weighted by Gasteiger charge is -2.39. The summed E-state index contributed by atoms with van der Waals surface area (Å²) in [7, 11) is 0. The normalized spacial score (nSPS) is 30.5. The molecule has 5 atom stereocenters. The Balaban J connectivity index is 2.18. The van der Waals surface area contributed by atoms with Gasteiger partial charge in [0.2, 0.25) is 12.2 Å². The van der Waals surface area contributed by atoms with Crippen molar-refractivity contribution in [1.29, 1.82) is 0 Å². The first kappa shape index (κ1) is 17.4. The minimum Gasteiger partial charge on any atom is -0.460 e. The van der Waals surface area contributed by atoms with E-state index in [2.05, 4.69) is 11.9 Å². The van der Waals surface area contributed by atoms with E-state index in [0.717, 1.165) is 6.08 Å². The van der Waals surface area contributed by atoms with Gasteiger partial charge < -0.3 is 35.2 Å². The van der Waals surface area contributed by atoms with E-state index in [9.17, 15) is 20.1 Å². The van der Waals surface area contributed by atoms with Crippen LogP contribution in [0.5, 0.6) is 5.75 Å². The van der Waals surface area contributed by atoms with Crippen LogP contribution >= 0.6 is 0 Å². The van der Waals surface area contributed by atoms with Crippen LogP contribution in [0.1, 0.15) is 0 Å². The van der Waals surface area contributed by atoms with Gasteiger partial charge in [0.05, 0.1) is 12.3 Å². The zero-order chi connectivity index (χ0) is 17.0. The summed E-state index contributed by atoms with van der Waals surface area (Å²) in [5.74, 6) is -0.262. The van der Waals surface area contributed by atoms with Crippen LogP contribution < -0.4 is 10.1 Å². The molecule has 8 nitrogen and oxygen atoms in total. The van der Waals surface area contributed by atoms with Crippen LogP contribution in [0.15, 0.2) is 36.9 Å². The number of nitrogens with one attached hydrogen (secondary N) is 1. The lowest BCUT2D eigenvalue weighted by molar-refractivity contribution is -0.277. The molecule has 1 aromatic rings. The number of hydrogen-bond acceptors (Lipinski definition) is 7. The van der Waals surface area contributed by atoms with Gasteiger partial charge >= 0.3 is 0 Å². The number of anilines is 1. The Morgan fingerprint density at radius 2 is 1.96 bits per heavy atom. The molecule has 23 heavy (non-hydrogen) atoms. The second-order valence-electron chi connectivity index (χ2n) is 5.00. The molecule has 0 unspecified atom stereocenters. The molecule has 2 rings (SSSR count). The molecular formula is C15H19NO7. The summed E-state index contributed by atoms with van der Waals surface area (Å²) >= 11 is 0. The van der Waals surface area contributed by atoms with Crippen molar-refractivity contribution < 1.29 is 34.7 Å². The molecule has 0 bridgehead atoms. The fourth-order valence-corrected chi connectivity index (χ4v) is 2.15. The first-order valence-electron chi connectivity index (χ1n) is 6.97. The van der Waals surface area contributed by atoms with Crippen molar-refractivity contribution in [3.05, 3.63) is 36.9 Å². The highest BCUT2D eigenvalue weighted by Crippen LogP contribution is 2.29. The van der Waals surface area contributed by atoms with Crippen molar-refractivity contribution in [3.8, 4) is 5.75 Å². The van der Waals surface area contributed by atoms with Crippen LogP contribution in [-0.2, 0) is 9.53 Å². The molecular weight excluding hydrogens is 306 g/mol. The first-order chi connectivity index (χ1) is 11.0. The van der Waals surface area contributed by atoms with E-state index in [1.165, 1.54) is 6.07 Å². The number of aliphatic hydroxyl groups excluding tert-OH is 4. The Labute approximate surface area is 132 Å². The van der Waals surface area contributed by atoms with Gasteiger partial charge in [-0.05, 0) is 18.2 Å². The highest BCUT2D eigenvalue weighted by atomic mass is 16.7. The van der Waals surface area contributed by atoms with Crippen LogP contribution in [0, 0.1) is 0 Å². The molecule has 5 N–H and O–H groups in total. The summed E-state index contributed by atoms with van der Waals surface area (Å²) in [6.07, 6.45) is -5.85. The number of carbonyl (C=O) groups is 1. The molecule has 1 aliphatic heterocycles. The van der Waals surface area contributed by atoms with Crippen molar-refractivity contribution >= 4 is 11.6 Å². The number of benzene rings is 1. The SMILES string of the molecule is C=CC(=O)Nc1ccccc1O[C@@H]1O[C@H](CO)[C@H](O)[C@H](O)[C@H]1O. The van der Waals surface area contributed by atoms with Gasteiger partial charge in [0.25, 0.3) is 0 Å². The third kappa shape index (κ3) is 3.87. The monoisotopic (exact) mass is 325 g/mol. The molecule has 1 aliphatic rings. The van der Waals surface area contributed by atoms with Crippen molar-refractivity contribution in [2.24, 2.45) is 0 Å². The standard InChI is InChI=1S/C15H19NO7/c1-2-11(18)16-8-5-3-4-6-9(8)22-15-14(21)13(20)12(19)10(7-17)23-15/h2-6,10,12-15,17,19-21H,1,7H2,(H,16,18)/t10-,12+,13+,14-,15-/m1/s1. The number of rotatable bonds is 5. The van der Waals surface area contributed by atoms with Crippen LogP contribution in [0.4, 0.5) is 5.69 Å². The maximum absolute atomic E-state index is 11.4. The van der Waals surface area contributed by atoms with Gasteiger partial charge in [0.1, 0.15) is 30.2 Å². The van der Waals surface area contributed by atoms with E-state index in [1.54, 1.807) is 18.2 Å².